The zero-order valence-corrected chi connectivity index (χ0v) is 13.0. The van der Waals surface area contributed by atoms with E-state index in [0.29, 0.717) is 16.4 Å². The Balaban J connectivity index is 1.99. The molecule has 1 atom stereocenters. The maximum absolute atomic E-state index is 12.4. The van der Waals surface area contributed by atoms with E-state index in [0.717, 1.165) is 19.5 Å². The minimum absolute atomic E-state index is 0.0755. The first-order chi connectivity index (χ1) is 9.39. The quantitative estimate of drug-likeness (QED) is 0.838. The van der Waals surface area contributed by atoms with E-state index in [9.17, 15) is 4.79 Å². The molecule has 4 heteroatoms. The third-order valence-corrected chi connectivity index (χ3v) is 4.64. The molecule has 0 unspecified atom stereocenters. The number of carbonyl (C=O) groups excluding carboxylic acids is 1. The summed E-state index contributed by atoms with van der Waals surface area (Å²) in [5.41, 5.74) is 1.26. The highest BCUT2D eigenvalue weighted by Crippen LogP contribution is 2.33. The van der Waals surface area contributed by atoms with Gasteiger partial charge in [-0.25, -0.2) is 0 Å². The van der Waals surface area contributed by atoms with Crippen LogP contribution in [-0.4, -0.2) is 33.9 Å². The van der Waals surface area contributed by atoms with Crippen LogP contribution in [0.1, 0.15) is 43.1 Å². The van der Waals surface area contributed by atoms with Gasteiger partial charge in [0.1, 0.15) is 0 Å². The zero-order chi connectivity index (χ0) is 14.8. The highest BCUT2D eigenvalue weighted by molar-refractivity contribution is 8.01. The van der Waals surface area contributed by atoms with E-state index >= 15 is 0 Å². The molecule has 0 bridgehead atoms. The summed E-state index contributed by atoms with van der Waals surface area (Å²) in [4.78, 5) is 14.3. The van der Waals surface area contributed by atoms with Crippen molar-refractivity contribution < 1.29 is 4.79 Å². The van der Waals surface area contributed by atoms with E-state index in [1.165, 1.54) is 0 Å². The van der Waals surface area contributed by atoms with E-state index in [2.05, 4.69) is 26.8 Å². The highest BCUT2D eigenvalue weighted by Gasteiger charge is 2.30. The lowest BCUT2D eigenvalue weighted by molar-refractivity contribution is 0.0793. The second kappa shape index (κ2) is 5.88. The maximum atomic E-state index is 12.4. The Hall–Kier alpha value is -1.47. The van der Waals surface area contributed by atoms with Gasteiger partial charge in [-0.3, -0.25) is 4.79 Å². The van der Waals surface area contributed by atoms with Gasteiger partial charge in [0, 0.05) is 28.6 Å². The summed E-state index contributed by atoms with van der Waals surface area (Å²) in [6.45, 7) is 8.28. The summed E-state index contributed by atoms with van der Waals surface area (Å²) in [5.74, 6) is 0.0755. The Morgan fingerprint density at radius 1 is 1.35 bits per heavy atom. The fourth-order valence-corrected chi connectivity index (χ4v) is 3.86. The van der Waals surface area contributed by atoms with E-state index in [1.54, 1.807) is 24.3 Å². The van der Waals surface area contributed by atoms with E-state index < -0.39 is 0 Å². The highest BCUT2D eigenvalue weighted by atomic mass is 32.2. The van der Waals surface area contributed by atoms with Crippen molar-refractivity contribution in [1.29, 1.82) is 5.26 Å². The van der Waals surface area contributed by atoms with Crippen LogP contribution in [0.4, 0.5) is 0 Å². The lowest BCUT2D eigenvalue weighted by Crippen LogP contribution is -2.29. The molecule has 0 spiro atoms. The Bertz CT molecular complexity index is 525. The summed E-state index contributed by atoms with van der Waals surface area (Å²) in [6.07, 6.45) is 1.06. The van der Waals surface area contributed by atoms with E-state index in [1.807, 2.05) is 16.7 Å². The number of amides is 1. The van der Waals surface area contributed by atoms with Gasteiger partial charge >= 0.3 is 0 Å². The predicted octanol–water partition coefficient (Wildman–Crippen LogP) is 3.30. The molecule has 20 heavy (non-hydrogen) atoms. The van der Waals surface area contributed by atoms with E-state index in [-0.39, 0.29) is 10.7 Å². The number of nitriles is 1. The third-order valence-electron chi connectivity index (χ3n) is 3.21. The van der Waals surface area contributed by atoms with Crippen LogP contribution < -0.4 is 0 Å². The summed E-state index contributed by atoms with van der Waals surface area (Å²) >= 11 is 1.95. The first kappa shape index (κ1) is 14.9. The van der Waals surface area contributed by atoms with Gasteiger partial charge in [-0.05, 0) is 30.7 Å². The number of hydrogen-bond acceptors (Lipinski definition) is 3. The molecule has 1 aromatic rings. The molecule has 1 fully saturated rings. The topological polar surface area (TPSA) is 44.1 Å². The maximum Gasteiger partial charge on any atom is 0.253 e. The predicted molar refractivity (Wildman–Crippen MR) is 82.8 cm³/mol. The summed E-state index contributed by atoms with van der Waals surface area (Å²) in [5, 5.41) is 9.30. The fraction of sp³-hybridized carbons (Fsp3) is 0.500. The Labute approximate surface area is 125 Å². The standard InChI is InChI=1S/C16H20N2OS/c1-16(2,3)20-14-8-9-18(11-14)15(19)13-6-4-12(10-17)5-7-13/h4-7,14H,8-9,11H2,1-3H3/t14-/m0/s1. The van der Waals surface area contributed by atoms with Gasteiger partial charge in [-0.15, -0.1) is 0 Å². The molecule has 1 aromatic carbocycles. The Kier molecular flexibility index (Phi) is 4.39. The molecule has 0 N–H and O–H groups in total. The normalized spacial score (nSPS) is 18.9. The fourth-order valence-electron chi connectivity index (χ4n) is 2.38. The molecule has 0 radical (unpaired) electrons. The number of hydrogen-bond donors (Lipinski definition) is 0. The number of nitrogens with zero attached hydrogens (tertiary/aromatic N) is 2. The molecular formula is C16H20N2OS. The monoisotopic (exact) mass is 288 g/mol. The molecule has 1 saturated heterocycles. The minimum atomic E-state index is 0.0755. The molecular weight excluding hydrogens is 268 g/mol. The smallest absolute Gasteiger partial charge is 0.253 e. The van der Waals surface area contributed by atoms with Crippen molar-refractivity contribution in [3.8, 4) is 6.07 Å². The van der Waals surface area contributed by atoms with Crippen molar-refractivity contribution in [3.05, 3.63) is 35.4 Å². The average Bonchev–Trinajstić information content (AvgIpc) is 2.84. The van der Waals surface area contributed by atoms with Crippen LogP contribution in [0.2, 0.25) is 0 Å². The lowest BCUT2D eigenvalue weighted by atomic mass is 10.1. The largest absolute Gasteiger partial charge is 0.337 e. The number of carbonyl (C=O) groups is 1. The molecule has 2 rings (SSSR count). The Morgan fingerprint density at radius 2 is 2.00 bits per heavy atom. The first-order valence-corrected chi connectivity index (χ1v) is 7.74. The van der Waals surface area contributed by atoms with Crippen LogP contribution in [0.25, 0.3) is 0 Å². The van der Waals surface area contributed by atoms with Gasteiger partial charge in [0.2, 0.25) is 0 Å². The second-order valence-corrected chi connectivity index (χ2v) is 8.21. The van der Waals surface area contributed by atoms with Crippen molar-refractivity contribution in [3.63, 3.8) is 0 Å². The van der Waals surface area contributed by atoms with Crippen molar-refractivity contribution in [2.24, 2.45) is 0 Å². The lowest BCUT2D eigenvalue weighted by Gasteiger charge is -2.23. The molecule has 1 amide bonds. The van der Waals surface area contributed by atoms with Crippen molar-refractivity contribution >= 4 is 17.7 Å². The van der Waals surface area contributed by atoms with Gasteiger partial charge in [0.05, 0.1) is 11.6 Å². The number of thioether (sulfide) groups is 1. The van der Waals surface area contributed by atoms with Crippen molar-refractivity contribution in [2.75, 3.05) is 13.1 Å². The summed E-state index contributed by atoms with van der Waals surface area (Å²) in [6, 6.07) is 8.95. The first-order valence-electron chi connectivity index (χ1n) is 6.86. The van der Waals surface area contributed by atoms with Crippen LogP contribution in [0, 0.1) is 11.3 Å². The van der Waals surface area contributed by atoms with Crippen LogP contribution in [0.5, 0.6) is 0 Å². The van der Waals surface area contributed by atoms with Crippen LogP contribution in [0.15, 0.2) is 24.3 Å². The molecule has 106 valence electrons. The van der Waals surface area contributed by atoms with Gasteiger partial charge < -0.3 is 4.90 Å². The van der Waals surface area contributed by atoms with Crippen LogP contribution in [0.3, 0.4) is 0 Å². The van der Waals surface area contributed by atoms with Gasteiger partial charge in [0.15, 0.2) is 0 Å². The van der Waals surface area contributed by atoms with Crippen LogP contribution >= 0.6 is 11.8 Å². The van der Waals surface area contributed by atoms with E-state index in [4.69, 9.17) is 5.26 Å². The second-order valence-electron chi connectivity index (χ2n) is 6.08. The molecule has 3 nitrogen and oxygen atoms in total. The number of rotatable bonds is 2. The molecule has 0 aromatic heterocycles. The SMILES string of the molecule is CC(C)(C)S[C@H]1CCN(C(=O)c2ccc(C#N)cc2)C1. The molecule has 1 aliphatic heterocycles. The van der Waals surface area contributed by atoms with Gasteiger partial charge in [-0.1, -0.05) is 20.8 Å². The molecule has 1 heterocycles. The van der Waals surface area contributed by atoms with Gasteiger partial charge in [0.25, 0.3) is 5.91 Å². The molecule has 0 aliphatic carbocycles. The Morgan fingerprint density at radius 3 is 2.55 bits per heavy atom. The van der Waals surface area contributed by atoms with Gasteiger partial charge in [-0.2, -0.15) is 17.0 Å². The molecule has 0 saturated carbocycles. The average molecular weight is 288 g/mol. The summed E-state index contributed by atoms with van der Waals surface area (Å²) < 4.78 is 0.234. The zero-order valence-electron chi connectivity index (χ0n) is 12.2. The van der Waals surface area contributed by atoms with Crippen molar-refractivity contribution in [2.45, 2.75) is 37.2 Å². The minimum Gasteiger partial charge on any atom is -0.337 e. The molecule has 1 aliphatic rings. The number of benzene rings is 1. The van der Waals surface area contributed by atoms with Crippen LogP contribution in [-0.2, 0) is 0 Å². The van der Waals surface area contributed by atoms with Crippen molar-refractivity contribution in [1.82, 2.24) is 4.90 Å². The summed E-state index contributed by atoms with van der Waals surface area (Å²) in [7, 11) is 0. The third kappa shape index (κ3) is 3.77. The number of likely N-dealkylation sites (tertiary alicyclic amines) is 1.